The standard InChI is InChI=1S/C9H8O4.3C6H11.Sn/c1-5(10)6-3-2-4-7(8(6)11)9(12)13;3*1-2-4-6-5-3-1;/h2-4,11H,1H3,(H,12,13);3*1H,2-6H2;/q;;;;+1/p-1. The maximum atomic E-state index is 10.9. The van der Waals surface area contributed by atoms with E-state index in [1.807, 2.05) is 0 Å². The molecule has 3 saturated carbocycles. The third-order valence-electron chi connectivity index (χ3n) is 7.86. The van der Waals surface area contributed by atoms with Crippen molar-refractivity contribution in [2.24, 2.45) is 0 Å². The Kier molecular flexibility index (Phi) is 10.4. The molecule has 4 nitrogen and oxygen atoms in total. The fourth-order valence-corrected chi connectivity index (χ4v) is 21.2. The number of carboxylic acid groups (broad SMARTS) is 1. The van der Waals surface area contributed by atoms with E-state index >= 15 is 0 Å². The van der Waals surface area contributed by atoms with Gasteiger partial charge < -0.3 is 15.0 Å². The van der Waals surface area contributed by atoms with Crippen molar-refractivity contribution < 1.29 is 19.8 Å². The molecule has 5 heteroatoms. The Labute approximate surface area is 200 Å². The Morgan fingerprint density at radius 3 is 1.47 bits per heavy atom. The van der Waals surface area contributed by atoms with Crippen molar-refractivity contribution in [2.75, 3.05) is 0 Å². The van der Waals surface area contributed by atoms with Gasteiger partial charge in [0.2, 0.25) is 0 Å². The Morgan fingerprint density at radius 2 is 1.12 bits per heavy atom. The summed E-state index contributed by atoms with van der Waals surface area (Å²) in [5, 5.41) is 19.7. The summed E-state index contributed by atoms with van der Waals surface area (Å²) >= 11 is -1.15. The molecule has 0 aromatic heterocycles. The monoisotopic (exact) mass is 548 g/mol. The minimum absolute atomic E-state index is 0.0123. The summed E-state index contributed by atoms with van der Waals surface area (Å²) in [7, 11) is 0. The van der Waals surface area contributed by atoms with E-state index in [0.717, 1.165) is 0 Å². The number of phenols is 1. The molecule has 0 bridgehead atoms. The van der Waals surface area contributed by atoms with E-state index in [9.17, 15) is 19.8 Å². The predicted molar refractivity (Wildman–Crippen MR) is 129 cm³/mol. The molecule has 32 heavy (non-hydrogen) atoms. The van der Waals surface area contributed by atoms with Gasteiger partial charge in [-0.05, 0) is 19.1 Å². The Morgan fingerprint density at radius 1 is 0.750 bits per heavy atom. The zero-order valence-corrected chi connectivity index (χ0v) is 22.6. The minimum Gasteiger partial charge on any atom is -0.545 e. The molecule has 0 radical (unpaired) electrons. The van der Waals surface area contributed by atoms with Crippen LogP contribution in [0.5, 0.6) is 5.75 Å². The molecule has 3 aliphatic carbocycles. The summed E-state index contributed by atoms with van der Waals surface area (Å²) in [6, 6.07) is 3.91. The van der Waals surface area contributed by atoms with Crippen LogP contribution in [0.2, 0.25) is 11.8 Å². The van der Waals surface area contributed by atoms with Crippen LogP contribution in [0.15, 0.2) is 18.2 Å². The Balaban J connectivity index is 0.000000195. The number of carboxylic acids is 1. The molecule has 0 atom stereocenters. The predicted octanol–water partition coefficient (Wildman–Crippen LogP) is 6.44. The van der Waals surface area contributed by atoms with Gasteiger partial charge in [0, 0.05) is 5.56 Å². The number of aromatic hydroxyl groups is 1. The van der Waals surface area contributed by atoms with E-state index in [2.05, 4.69) is 0 Å². The van der Waals surface area contributed by atoms with Gasteiger partial charge in [-0.1, -0.05) is 6.07 Å². The number of benzene rings is 1. The summed E-state index contributed by atoms with van der Waals surface area (Å²) in [5.41, 5.74) is -0.380. The van der Waals surface area contributed by atoms with Crippen LogP contribution >= 0.6 is 0 Å². The molecule has 3 aliphatic rings. The SMILES string of the molecule is C1CC[CH]([Sn+]([CH]2CCCCC2)[CH]2CCCCC2)CC1.CC(=O)c1cccc(C(=O)[O-])c1O. The number of ketones is 1. The van der Waals surface area contributed by atoms with Crippen LogP contribution < -0.4 is 5.11 Å². The fourth-order valence-electron chi connectivity index (χ4n) is 6.30. The summed E-state index contributed by atoms with van der Waals surface area (Å²) in [6.07, 6.45) is 24.2. The first-order valence-corrected chi connectivity index (χ1v) is 17.8. The van der Waals surface area contributed by atoms with Crippen molar-refractivity contribution in [1.29, 1.82) is 0 Å². The van der Waals surface area contributed by atoms with Crippen molar-refractivity contribution in [2.45, 2.75) is 115 Å². The zero-order chi connectivity index (χ0) is 22.9. The van der Waals surface area contributed by atoms with Crippen molar-refractivity contribution in [3.8, 4) is 5.75 Å². The summed E-state index contributed by atoms with van der Waals surface area (Å²) in [5.74, 6) is -2.42. The van der Waals surface area contributed by atoms with E-state index < -0.39 is 31.5 Å². The second kappa shape index (κ2) is 13.0. The van der Waals surface area contributed by atoms with Crippen LogP contribution in [0, 0.1) is 0 Å². The first kappa shape index (κ1) is 25.6. The van der Waals surface area contributed by atoms with Gasteiger partial charge in [0.05, 0.1) is 11.5 Å². The fraction of sp³-hybridized carbons (Fsp3) is 0.704. The number of Topliss-reactive ketones (excluding diaryl/α,β-unsaturated/α-hetero) is 1. The number of hydrogen-bond acceptors (Lipinski definition) is 4. The Hall–Kier alpha value is -1.04. The smallest absolute Gasteiger partial charge is 0.163 e. The van der Waals surface area contributed by atoms with Crippen LogP contribution in [0.4, 0.5) is 0 Å². The Bertz CT molecular complexity index is 669. The normalized spacial score (nSPS) is 20.8. The first-order valence-electron chi connectivity index (χ1n) is 12.9. The average Bonchev–Trinajstić information content (AvgIpc) is 2.81. The van der Waals surface area contributed by atoms with Crippen LogP contribution in [0.25, 0.3) is 0 Å². The quantitative estimate of drug-likeness (QED) is 0.340. The van der Waals surface area contributed by atoms with Crippen LogP contribution in [-0.2, 0) is 0 Å². The zero-order valence-electron chi connectivity index (χ0n) is 19.7. The molecule has 0 unspecified atom stereocenters. The molecule has 1 aromatic carbocycles. The van der Waals surface area contributed by atoms with Crippen molar-refractivity contribution in [3.05, 3.63) is 29.3 Å². The number of aromatic carboxylic acids is 1. The molecule has 0 amide bonds. The van der Waals surface area contributed by atoms with E-state index in [0.29, 0.717) is 0 Å². The second-order valence-electron chi connectivity index (χ2n) is 10.1. The van der Waals surface area contributed by atoms with Gasteiger partial charge in [-0.3, -0.25) is 4.79 Å². The minimum atomic E-state index is -1.50. The molecule has 0 aliphatic heterocycles. The largest absolute Gasteiger partial charge is 0.545 e. The number of carbonyl (C=O) groups is 2. The van der Waals surface area contributed by atoms with Crippen molar-refractivity contribution in [3.63, 3.8) is 0 Å². The second-order valence-corrected chi connectivity index (χ2v) is 19.9. The first-order chi connectivity index (χ1) is 15.5. The molecule has 0 saturated heterocycles. The van der Waals surface area contributed by atoms with Crippen molar-refractivity contribution in [1.82, 2.24) is 0 Å². The van der Waals surface area contributed by atoms with Gasteiger partial charge in [-0.2, -0.15) is 0 Å². The molecule has 0 spiro atoms. The van der Waals surface area contributed by atoms with Gasteiger partial charge in [0.25, 0.3) is 0 Å². The van der Waals surface area contributed by atoms with E-state index in [4.69, 9.17) is 0 Å². The molecule has 4 rings (SSSR count). The van der Waals surface area contributed by atoms with Gasteiger partial charge in [-0.25, -0.2) is 0 Å². The molecular formula is C27H40O4Sn. The number of rotatable bonds is 5. The third-order valence-corrected chi connectivity index (χ3v) is 20.9. The van der Waals surface area contributed by atoms with Crippen LogP contribution in [0.3, 0.4) is 0 Å². The molecule has 1 N–H and O–H groups in total. The number of hydrogen-bond donors (Lipinski definition) is 1. The molecule has 176 valence electrons. The van der Waals surface area contributed by atoms with E-state index in [1.54, 1.807) is 96.3 Å². The average molecular weight is 547 g/mol. The molecule has 3 fully saturated rings. The topological polar surface area (TPSA) is 77.4 Å². The van der Waals surface area contributed by atoms with Crippen LogP contribution in [-0.4, -0.2) is 36.6 Å². The van der Waals surface area contributed by atoms with Crippen molar-refractivity contribution >= 4 is 31.5 Å². The van der Waals surface area contributed by atoms with E-state index in [-0.39, 0.29) is 16.9 Å². The summed E-state index contributed by atoms with van der Waals surface area (Å²) in [6.45, 7) is 1.24. The molecular weight excluding hydrogens is 507 g/mol. The number of carbonyl (C=O) groups excluding carboxylic acids is 2. The molecule has 1 aromatic rings. The van der Waals surface area contributed by atoms with Gasteiger partial charge in [0.1, 0.15) is 5.75 Å². The van der Waals surface area contributed by atoms with E-state index in [1.165, 1.54) is 36.9 Å². The van der Waals surface area contributed by atoms with Gasteiger partial charge in [-0.15, -0.1) is 0 Å². The molecule has 0 heterocycles. The summed E-state index contributed by atoms with van der Waals surface area (Å²) < 4.78 is 3.96. The maximum absolute atomic E-state index is 10.9. The van der Waals surface area contributed by atoms with Gasteiger partial charge in [0.15, 0.2) is 5.78 Å². The number of para-hydroxylation sites is 1. The maximum Gasteiger partial charge on any atom is 0.163 e. The van der Waals surface area contributed by atoms with Gasteiger partial charge >= 0.3 is 128 Å². The third kappa shape index (κ3) is 6.98. The van der Waals surface area contributed by atoms with Crippen LogP contribution in [0.1, 0.15) is 124 Å². The summed E-state index contributed by atoms with van der Waals surface area (Å²) in [4.78, 5) is 21.3.